The summed E-state index contributed by atoms with van der Waals surface area (Å²) in [5.74, 6) is 0. The Bertz CT molecular complexity index is 583. The summed E-state index contributed by atoms with van der Waals surface area (Å²) in [5.41, 5.74) is 3.36. The van der Waals surface area contributed by atoms with Gasteiger partial charge in [-0.05, 0) is 43.5 Å². The SMILES string of the molecule is CCC(CC)(CO)CNCc1ccc2nc(C)ccc2c1. The monoisotopic (exact) mass is 286 g/mol. The molecule has 0 saturated carbocycles. The Morgan fingerprint density at radius 1 is 1.14 bits per heavy atom. The van der Waals surface area contributed by atoms with Crippen LogP contribution in [-0.2, 0) is 6.54 Å². The van der Waals surface area contributed by atoms with Gasteiger partial charge in [0, 0.05) is 36.2 Å². The number of aliphatic hydroxyl groups excluding tert-OH is 1. The predicted molar refractivity (Wildman–Crippen MR) is 88.3 cm³/mol. The molecule has 0 spiro atoms. The van der Waals surface area contributed by atoms with Gasteiger partial charge in [0.1, 0.15) is 0 Å². The maximum atomic E-state index is 9.59. The van der Waals surface area contributed by atoms with E-state index in [2.05, 4.69) is 48.4 Å². The molecule has 3 nitrogen and oxygen atoms in total. The zero-order valence-electron chi connectivity index (χ0n) is 13.3. The summed E-state index contributed by atoms with van der Waals surface area (Å²) in [6.07, 6.45) is 1.99. The molecular formula is C18H26N2O. The number of aliphatic hydroxyl groups is 1. The van der Waals surface area contributed by atoms with Gasteiger partial charge in [0.15, 0.2) is 0 Å². The van der Waals surface area contributed by atoms with E-state index in [1.807, 2.05) is 13.0 Å². The van der Waals surface area contributed by atoms with E-state index >= 15 is 0 Å². The lowest BCUT2D eigenvalue weighted by molar-refractivity contribution is 0.113. The average molecular weight is 286 g/mol. The summed E-state index contributed by atoms with van der Waals surface area (Å²) in [4.78, 5) is 4.52. The van der Waals surface area contributed by atoms with Gasteiger partial charge >= 0.3 is 0 Å². The first-order chi connectivity index (χ1) is 10.1. The van der Waals surface area contributed by atoms with Crippen LogP contribution in [0, 0.1) is 12.3 Å². The molecule has 1 aromatic heterocycles. The summed E-state index contributed by atoms with van der Waals surface area (Å²) in [6, 6.07) is 10.6. The number of fused-ring (bicyclic) bond motifs is 1. The summed E-state index contributed by atoms with van der Waals surface area (Å²) < 4.78 is 0. The van der Waals surface area contributed by atoms with E-state index in [4.69, 9.17) is 0 Å². The Balaban J connectivity index is 2.02. The second-order valence-corrected chi connectivity index (χ2v) is 5.95. The molecule has 1 aromatic carbocycles. The van der Waals surface area contributed by atoms with Crippen LogP contribution in [-0.4, -0.2) is 23.2 Å². The Morgan fingerprint density at radius 2 is 1.90 bits per heavy atom. The lowest BCUT2D eigenvalue weighted by Crippen LogP contribution is -2.36. The van der Waals surface area contributed by atoms with E-state index in [0.717, 1.165) is 37.1 Å². The number of hydrogen-bond donors (Lipinski definition) is 2. The fourth-order valence-electron chi connectivity index (χ4n) is 2.64. The van der Waals surface area contributed by atoms with Gasteiger partial charge in [0.2, 0.25) is 0 Å². The van der Waals surface area contributed by atoms with Crippen molar-refractivity contribution in [2.45, 2.75) is 40.2 Å². The maximum absolute atomic E-state index is 9.59. The van der Waals surface area contributed by atoms with Crippen LogP contribution in [0.25, 0.3) is 10.9 Å². The lowest BCUT2D eigenvalue weighted by atomic mass is 9.83. The van der Waals surface area contributed by atoms with Gasteiger partial charge in [-0.25, -0.2) is 0 Å². The number of aromatic nitrogens is 1. The molecule has 0 aliphatic heterocycles. The van der Waals surface area contributed by atoms with Gasteiger partial charge in [0.25, 0.3) is 0 Å². The van der Waals surface area contributed by atoms with Crippen LogP contribution < -0.4 is 5.32 Å². The van der Waals surface area contributed by atoms with Crippen molar-refractivity contribution in [2.24, 2.45) is 5.41 Å². The molecule has 0 radical (unpaired) electrons. The number of nitrogens with zero attached hydrogens (tertiary/aromatic N) is 1. The molecule has 114 valence electrons. The number of nitrogens with one attached hydrogen (secondary N) is 1. The zero-order chi connectivity index (χ0) is 15.3. The van der Waals surface area contributed by atoms with Crippen LogP contribution in [0.2, 0.25) is 0 Å². The van der Waals surface area contributed by atoms with Gasteiger partial charge in [-0.15, -0.1) is 0 Å². The van der Waals surface area contributed by atoms with Crippen LogP contribution in [0.4, 0.5) is 0 Å². The molecule has 2 N–H and O–H groups in total. The van der Waals surface area contributed by atoms with Gasteiger partial charge in [-0.2, -0.15) is 0 Å². The Labute approximate surface area is 127 Å². The fourth-order valence-corrected chi connectivity index (χ4v) is 2.64. The van der Waals surface area contributed by atoms with Crippen molar-refractivity contribution >= 4 is 10.9 Å². The number of aryl methyl sites for hydroxylation is 1. The minimum absolute atomic E-state index is 0.00944. The van der Waals surface area contributed by atoms with Crippen molar-refractivity contribution in [3.63, 3.8) is 0 Å². The lowest BCUT2D eigenvalue weighted by Gasteiger charge is -2.29. The zero-order valence-corrected chi connectivity index (χ0v) is 13.3. The summed E-state index contributed by atoms with van der Waals surface area (Å²) in [5, 5.41) is 14.3. The molecule has 0 atom stereocenters. The summed E-state index contributed by atoms with van der Waals surface area (Å²) in [6.45, 7) is 8.22. The van der Waals surface area contributed by atoms with Crippen LogP contribution in [0.1, 0.15) is 37.9 Å². The highest BCUT2D eigenvalue weighted by atomic mass is 16.3. The molecule has 0 saturated heterocycles. The third-order valence-electron chi connectivity index (χ3n) is 4.56. The molecule has 0 bridgehead atoms. The van der Waals surface area contributed by atoms with E-state index in [1.54, 1.807) is 0 Å². The Morgan fingerprint density at radius 3 is 2.57 bits per heavy atom. The van der Waals surface area contributed by atoms with E-state index < -0.39 is 0 Å². The molecule has 1 heterocycles. The third kappa shape index (κ3) is 3.80. The van der Waals surface area contributed by atoms with Crippen molar-refractivity contribution in [3.05, 3.63) is 41.6 Å². The standard InChI is InChI=1S/C18H26N2O/c1-4-18(5-2,13-21)12-19-11-15-7-9-17-16(10-15)8-6-14(3)20-17/h6-10,19,21H,4-5,11-13H2,1-3H3. The van der Waals surface area contributed by atoms with E-state index in [0.29, 0.717) is 0 Å². The van der Waals surface area contributed by atoms with E-state index in [-0.39, 0.29) is 12.0 Å². The summed E-state index contributed by atoms with van der Waals surface area (Å²) >= 11 is 0. The number of rotatable bonds is 7. The first kappa shape index (κ1) is 15.9. The van der Waals surface area contributed by atoms with Crippen molar-refractivity contribution in [1.82, 2.24) is 10.3 Å². The molecule has 2 aromatic rings. The van der Waals surface area contributed by atoms with Gasteiger partial charge < -0.3 is 10.4 Å². The maximum Gasteiger partial charge on any atom is 0.0705 e. The average Bonchev–Trinajstić information content (AvgIpc) is 2.52. The first-order valence-electron chi connectivity index (χ1n) is 7.80. The second-order valence-electron chi connectivity index (χ2n) is 5.95. The number of benzene rings is 1. The Hall–Kier alpha value is -1.45. The van der Waals surface area contributed by atoms with Gasteiger partial charge in [-0.3, -0.25) is 4.98 Å². The highest BCUT2D eigenvalue weighted by Crippen LogP contribution is 2.24. The molecule has 0 amide bonds. The van der Waals surface area contributed by atoms with Crippen molar-refractivity contribution < 1.29 is 5.11 Å². The van der Waals surface area contributed by atoms with Crippen molar-refractivity contribution in [3.8, 4) is 0 Å². The summed E-state index contributed by atoms with van der Waals surface area (Å²) in [7, 11) is 0. The normalized spacial score (nSPS) is 12.0. The smallest absolute Gasteiger partial charge is 0.0705 e. The molecule has 2 rings (SSSR count). The molecule has 0 unspecified atom stereocenters. The van der Waals surface area contributed by atoms with Crippen LogP contribution in [0.3, 0.4) is 0 Å². The third-order valence-corrected chi connectivity index (χ3v) is 4.56. The number of hydrogen-bond acceptors (Lipinski definition) is 3. The first-order valence-corrected chi connectivity index (χ1v) is 7.80. The van der Waals surface area contributed by atoms with E-state index in [1.165, 1.54) is 10.9 Å². The van der Waals surface area contributed by atoms with Gasteiger partial charge in [0.05, 0.1) is 5.52 Å². The topological polar surface area (TPSA) is 45.1 Å². The number of pyridine rings is 1. The molecular weight excluding hydrogens is 260 g/mol. The molecule has 3 heteroatoms. The van der Waals surface area contributed by atoms with Crippen LogP contribution in [0.15, 0.2) is 30.3 Å². The molecule has 0 aliphatic rings. The quantitative estimate of drug-likeness (QED) is 0.819. The van der Waals surface area contributed by atoms with Crippen LogP contribution in [0.5, 0.6) is 0 Å². The molecule has 0 fully saturated rings. The van der Waals surface area contributed by atoms with Gasteiger partial charge in [-0.1, -0.05) is 26.0 Å². The van der Waals surface area contributed by atoms with Crippen molar-refractivity contribution in [1.29, 1.82) is 0 Å². The molecule has 0 aliphatic carbocycles. The highest BCUT2D eigenvalue weighted by molar-refractivity contribution is 5.79. The largest absolute Gasteiger partial charge is 0.396 e. The minimum atomic E-state index is 0.00944. The van der Waals surface area contributed by atoms with E-state index in [9.17, 15) is 5.11 Å². The fraction of sp³-hybridized carbons (Fsp3) is 0.500. The predicted octanol–water partition coefficient (Wildman–Crippen LogP) is 3.43. The highest BCUT2D eigenvalue weighted by Gasteiger charge is 2.24. The Kier molecular flexibility index (Phi) is 5.32. The van der Waals surface area contributed by atoms with Crippen LogP contribution >= 0.6 is 0 Å². The van der Waals surface area contributed by atoms with Crippen molar-refractivity contribution in [2.75, 3.05) is 13.2 Å². The molecule has 21 heavy (non-hydrogen) atoms. The minimum Gasteiger partial charge on any atom is -0.396 e. The second kappa shape index (κ2) is 7.01.